The van der Waals surface area contributed by atoms with E-state index in [0.717, 1.165) is 6.42 Å². The number of rotatable bonds is 5. The average molecular weight is 156 g/mol. The van der Waals surface area contributed by atoms with E-state index < -0.39 is 0 Å². The van der Waals surface area contributed by atoms with Crippen molar-refractivity contribution in [2.24, 2.45) is 0 Å². The molecular weight excluding hydrogens is 140 g/mol. The first-order valence-electron chi connectivity index (χ1n) is 4.09. The molecule has 0 fully saturated rings. The highest BCUT2D eigenvalue weighted by atomic mass is 16.5. The number of ether oxygens (including phenoxy) is 1. The minimum Gasteiger partial charge on any atom is -0.435 e. The predicted molar refractivity (Wildman–Crippen MR) is 45.0 cm³/mol. The molecule has 0 amide bonds. The van der Waals surface area contributed by atoms with Gasteiger partial charge in [0.1, 0.15) is 0 Å². The van der Waals surface area contributed by atoms with E-state index >= 15 is 0 Å². The van der Waals surface area contributed by atoms with Crippen LogP contribution in [-0.2, 0) is 9.53 Å². The fourth-order valence-corrected chi connectivity index (χ4v) is 0.724. The van der Waals surface area contributed by atoms with Crippen molar-refractivity contribution in [3.05, 3.63) is 12.3 Å². The molecule has 0 bridgehead atoms. The van der Waals surface area contributed by atoms with E-state index in [1.165, 1.54) is 32.4 Å². The molecule has 11 heavy (non-hydrogen) atoms. The normalized spacial score (nSPS) is 10.4. The number of hydrogen-bond donors (Lipinski definition) is 0. The molecule has 0 aliphatic rings. The second-order valence-corrected chi connectivity index (χ2v) is 2.48. The van der Waals surface area contributed by atoms with Crippen molar-refractivity contribution < 1.29 is 9.53 Å². The van der Waals surface area contributed by atoms with Gasteiger partial charge in [-0.05, 0) is 18.9 Å². The highest BCUT2D eigenvalue weighted by Crippen LogP contribution is 1.99. The minimum absolute atomic E-state index is 0.253. The standard InChI is InChI=1S/C9H16O2/c1-3-4-5-6-7-8-11-9(2)10/h7-8H,3-6H2,1-2H3. The van der Waals surface area contributed by atoms with Crippen molar-refractivity contribution in [2.45, 2.75) is 39.5 Å². The maximum Gasteiger partial charge on any atom is 0.307 e. The molecule has 0 aromatic heterocycles. The lowest BCUT2D eigenvalue weighted by molar-refractivity contribution is -0.135. The first-order chi connectivity index (χ1) is 5.27. The van der Waals surface area contributed by atoms with Gasteiger partial charge >= 0.3 is 5.97 Å². The van der Waals surface area contributed by atoms with E-state index in [1.807, 2.05) is 6.08 Å². The molecule has 0 aliphatic carbocycles. The molecule has 0 unspecified atom stereocenters. The van der Waals surface area contributed by atoms with Crippen LogP contribution in [-0.4, -0.2) is 5.97 Å². The van der Waals surface area contributed by atoms with Gasteiger partial charge in [0.25, 0.3) is 0 Å². The van der Waals surface area contributed by atoms with Gasteiger partial charge in [-0.25, -0.2) is 0 Å². The molecule has 0 radical (unpaired) electrons. The highest BCUT2D eigenvalue weighted by molar-refractivity contribution is 5.66. The summed E-state index contributed by atoms with van der Waals surface area (Å²) in [5.41, 5.74) is 0. The van der Waals surface area contributed by atoms with Crippen molar-refractivity contribution in [1.29, 1.82) is 0 Å². The van der Waals surface area contributed by atoms with Gasteiger partial charge in [-0.2, -0.15) is 0 Å². The second kappa shape index (κ2) is 7.32. The van der Waals surface area contributed by atoms with Gasteiger partial charge < -0.3 is 4.74 Å². The molecular formula is C9H16O2. The van der Waals surface area contributed by atoms with Gasteiger partial charge in [-0.15, -0.1) is 0 Å². The summed E-state index contributed by atoms with van der Waals surface area (Å²) in [6, 6.07) is 0. The third-order valence-electron chi connectivity index (χ3n) is 1.30. The molecule has 0 atom stereocenters. The Kier molecular flexibility index (Phi) is 6.79. The van der Waals surface area contributed by atoms with Gasteiger partial charge in [0.15, 0.2) is 0 Å². The molecule has 0 heterocycles. The predicted octanol–water partition coefficient (Wildman–Crippen LogP) is 2.64. The van der Waals surface area contributed by atoms with E-state index in [-0.39, 0.29) is 5.97 Å². The minimum atomic E-state index is -0.253. The van der Waals surface area contributed by atoms with Crippen LogP contribution < -0.4 is 0 Å². The zero-order chi connectivity index (χ0) is 8.53. The number of hydrogen-bond acceptors (Lipinski definition) is 2. The summed E-state index contributed by atoms with van der Waals surface area (Å²) in [7, 11) is 0. The summed E-state index contributed by atoms with van der Waals surface area (Å²) in [6.45, 7) is 3.56. The van der Waals surface area contributed by atoms with E-state index in [0.29, 0.717) is 0 Å². The topological polar surface area (TPSA) is 26.3 Å². The van der Waals surface area contributed by atoms with Crippen LogP contribution in [0.15, 0.2) is 12.3 Å². The highest BCUT2D eigenvalue weighted by Gasteiger charge is 1.84. The molecule has 0 spiro atoms. The van der Waals surface area contributed by atoms with Crippen molar-refractivity contribution >= 4 is 5.97 Å². The third-order valence-corrected chi connectivity index (χ3v) is 1.30. The van der Waals surface area contributed by atoms with E-state index in [4.69, 9.17) is 0 Å². The summed E-state index contributed by atoms with van der Waals surface area (Å²) < 4.78 is 4.60. The lowest BCUT2D eigenvalue weighted by Gasteiger charge is -1.92. The summed E-state index contributed by atoms with van der Waals surface area (Å²) in [5.74, 6) is -0.253. The fraction of sp³-hybridized carbons (Fsp3) is 0.667. The molecule has 2 heteroatoms. The molecule has 0 aliphatic heterocycles. The van der Waals surface area contributed by atoms with Crippen LogP contribution in [0.25, 0.3) is 0 Å². The van der Waals surface area contributed by atoms with Crippen LogP contribution in [0, 0.1) is 0 Å². The Morgan fingerprint density at radius 3 is 2.73 bits per heavy atom. The monoisotopic (exact) mass is 156 g/mol. The van der Waals surface area contributed by atoms with Gasteiger partial charge in [-0.3, -0.25) is 4.79 Å². The van der Waals surface area contributed by atoms with Crippen LogP contribution in [0.5, 0.6) is 0 Å². The Bertz CT molecular complexity index is 128. The number of esters is 1. The molecule has 0 saturated heterocycles. The third kappa shape index (κ3) is 9.21. The number of carbonyl (C=O) groups excluding carboxylic acids is 1. The summed E-state index contributed by atoms with van der Waals surface area (Å²) in [5, 5.41) is 0. The van der Waals surface area contributed by atoms with Crippen molar-refractivity contribution in [3.8, 4) is 0 Å². The molecule has 0 saturated carbocycles. The molecule has 0 N–H and O–H groups in total. The Morgan fingerprint density at radius 1 is 1.45 bits per heavy atom. The quantitative estimate of drug-likeness (QED) is 0.347. The Hall–Kier alpha value is -0.790. The fourth-order valence-electron chi connectivity index (χ4n) is 0.724. The maximum atomic E-state index is 10.3. The number of unbranched alkanes of at least 4 members (excludes halogenated alkanes) is 3. The Morgan fingerprint density at radius 2 is 2.18 bits per heavy atom. The van der Waals surface area contributed by atoms with E-state index in [9.17, 15) is 4.79 Å². The largest absolute Gasteiger partial charge is 0.435 e. The molecule has 2 nitrogen and oxygen atoms in total. The van der Waals surface area contributed by atoms with Crippen LogP contribution in [0.2, 0.25) is 0 Å². The van der Waals surface area contributed by atoms with Crippen molar-refractivity contribution in [2.75, 3.05) is 0 Å². The van der Waals surface area contributed by atoms with Crippen LogP contribution >= 0.6 is 0 Å². The van der Waals surface area contributed by atoms with E-state index in [1.54, 1.807) is 0 Å². The Balaban J connectivity index is 3.10. The maximum absolute atomic E-state index is 10.3. The lowest BCUT2D eigenvalue weighted by Crippen LogP contribution is -1.89. The van der Waals surface area contributed by atoms with Crippen molar-refractivity contribution in [3.63, 3.8) is 0 Å². The lowest BCUT2D eigenvalue weighted by atomic mass is 10.2. The van der Waals surface area contributed by atoms with E-state index in [2.05, 4.69) is 11.7 Å². The zero-order valence-corrected chi connectivity index (χ0v) is 7.30. The van der Waals surface area contributed by atoms with Gasteiger partial charge in [0.2, 0.25) is 0 Å². The summed E-state index contributed by atoms with van der Waals surface area (Å²) in [4.78, 5) is 10.3. The SMILES string of the molecule is CCCCCC=COC(C)=O. The average Bonchev–Trinajstić information content (AvgIpc) is 1.96. The Labute approximate surface area is 68.2 Å². The number of allylic oxidation sites excluding steroid dienone is 1. The van der Waals surface area contributed by atoms with Gasteiger partial charge in [0.05, 0.1) is 6.26 Å². The molecule has 64 valence electrons. The molecule has 0 aromatic rings. The summed E-state index contributed by atoms with van der Waals surface area (Å²) >= 11 is 0. The van der Waals surface area contributed by atoms with Crippen LogP contribution in [0.3, 0.4) is 0 Å². The van der Waals surface area contributed by atoms with Gasteiger partial charge in [0, 0.05) is 6.92 Å². The second-order valence-electron chi connectivity index (χ2n) is 2.48. The zero-order valence-electron chi connectivity index (χ0n) is 7.30. The molecule has 0 rings (SSSR count). The van der Waals surface area contributed by atoms with Gasteiger partial charge in [-0.1, -0.05) is 19.8 Å². The summed E-state index contributed by atoms with van der Waals surface area (Å²) in [6.07, 6.45) is 8.00. The number of carbonyl (C=O) groups is 1. The first kappa shape index (κ1) is 10.2. The molecule has 0 aromatic carbocycles. The van der Waals surface area contributed by atoms with Crippen LogP contribution in [0.4, 0.5) is 0 Å². The van der Waals surface area contributed by atoms with Crippen LogP contribution in [0.1, 0.15) is 39.5 Å². The smallest absolute Gasteiger partial charge is 0.307 e. The first-order valence-corrected chi connectivity index (χ1v) is 4.09. The van der Waals surface area contributed by atoms with Crippen molar-refractivity contribution in [1.82, 2.24) is 0 Å².